The zero-order valence-electron chi connectivity index (χ0n) is 11.9. The quantitative estimate of drug-likeness (QED) is 0.930. The Balaban J connectivity index is 1.67. The van der Waals surface area contributed by atoms with E-state index in [0.29, 0.717) is 43.9 Å². The SMILES string of the molecule is O=C(CO)N1CCN(Cc2cc3cc(F)cc(F)c3o2)CC1. The maximum Gasteiger partial charge on any atom is 0.248 e. The second-order valence-corrected chi connectivity index (χ2v) is 5.33. The summed E-state index contributed by atoms with van der Waals surface area (Å²) in [5, 5.41) is 9.24. The number of halogens is 2. The smallest absolute Gasteiger partial charge is 0.248 e. The first-order chi connectivity index (χ1) is 10.6. The summed E-state index contributed by atoms with van der Waals surface area (Å²) in [6.45, 7) is 2.33. The van der Waals surface area contributed by atoms with Crippen LogP contribution >= 0.6 is 0 Å². The number of hydrogen-bond donors (Lipinski definition) is 1. The van der Waals surface area contributed by atoms with Gasteiger partial charge in [-0.2, -0.15) is 0 Å². The fraction of sp³-hybridized carbons (Fsp3) is 0.400. The van der Waals surface area contributed by atoms with Crippen LogP contribution in [0.3, 0.4) is 0 Å². The van der Waals surface area contributed by atoms with Gasteiger partial charge in [-0.1, -0.05) is 0 Å². The number of carbonyl (C=O) groups excluding carboxylic acids is 1. The van der Waals surface area contributed by atoms with Crippen molar-refractivity contribution in [2.24, 2.45) is 0 Å². The molecule has 22 heavy (non-hydrogen) atoms. The number of aliphatic hydroxyl groups is 1. The van der Waals surface area contributed by atoms with Crippen molar-refractivity contribution in [3.8, 4) is 0 Å². The van der Waals surface area contributed by atoms with Gasteiger partial charge in [0, 0.05) is 37.6 Å². The van der Waals surface area contributed by atoms with Gasteiger partial charge in [0.2, 0.25) is 5.91 Å². The highest BCUT2D eigenvalue weighted by atomic mass is 19.1. The molecular weight excluding hydrogens is 294 g/mol. The van der Waals surface area contributed by atoms with Crippen molar-refractivity contribution in [3.63, 3.8) is 0 Å². The molecule has 1 aliphatic rings. The molecule has 1 aromatic carbocycles. The molecule has 118 valence electrons. The van der Waals surface area contributed by atoms with Crippen LogP contribution in [0.4, 0.5) is 8.78 Å². The van der Waals surface area contributed by atoms with E-state index in [0.717, 1.165) is 6.07 Å². The monoisotopic (exact) mass is 310 g/mol. The predicted octanol–water partition coefficient (Wildman–Crippen LogP) is 1.35. The molecule has 0 aliphatic carbocycles. The van der Waals surface area contributed by atoms with Gasteiger partial charge < -0.3 is 14.4 Å². The number of aliphatic hydroxyl groups excluding tert-OH is 1. The molecule has 0 atom stereocenters. The molecule has 0 saturated carbocycles. The number of nitrogens with zero attached hydrogens (tertiary/aromatic N) is 2. The summed E-state index contributed by atoms with van der Waals surface area (Å²) in [7, 11) is 0. The molecule has 7 heteroatoms. The van der Waals surface area contributed by atoms with Crippen LogP contribution in [0, 0.1) is 11.6 Å². The summed E-state index contributed by atoms with van der Waals surface area (Å²) >= 11 is 0. The first-order valence-corrected chi connectivity index (χ1v) is 7.05. The van der Waals surface area contributed by atoms with Gasteiger partial charge in [-0.15, -0.1) is 0 Å². The van der Waals surface area contributed by atoms with E-state index < -0.39 is 18.2 Å². The number of amides is 1. The second-order valence-electron chi connectivity index (χ2n) is 5.33. The third kappa shape index (κ3) is 2.95. The Bertz CT molecular complexity index is 693. The number of fused-ring (bicyclic) bond motifs is 1. The van der Waals surface area contributed by atoms with E-state index in [9.17, 15) is 13.6 Å². The first-order valence-electron chi connectivity index (χ1n) is 7.05. The van der Waals surface area contributed by atoms with E-state index in [4.69, 9.17) is 9.52 Å². The maximum absolute atomic E-state index is 13.6. The van der Waals surface area contributed by atoms with E-state index in [1.807, 2.05) is 0 Å². The Morgan fingerprint density at radius 2 is 1.91 bits per heavy atom. The molecular formula is C15H16F2N2O3. The average molecular weight is 310 g/mol. The molecule has 1 amide bonds. The van der Waals surface area contributed by atoms with Crippen LogP contribution in [0.5, 0.6) is 0 Å². The van der Waals surface area contributed by atoms with Crippen molar-refractivity contribution in [2.75, 3.05) is 32.8 Å². The van der Waals surface area contributed by atoms with Crippen LogP contribution < -0.4 is 0 Å². The molecule has 1 aliphatic heterocycles. The number of carbonyl (C=O) groups is 1. The number of piperazine rings is 1. The highest BCUT2D eigenvalue weighted by Crippen LogP contribution is 2.24. The van der Waals surface area contributed by atoms with Gasteiger partial charge in [-0.3, -0.25) is 9.69 Å². The molecule has 3 rings (SSSR count). The summed E-state index contributed by atoms with van der Waals surface area (Å²) in [6, 6.07) is 3.67. The van der Waals surface area contributed by atoms with Crippen molar-refractivity contribution in [1.29, 1.82) is 0 Å². The Hall–Kier alpha value is -1.99. The Labute approximate surface area is 125 Å². The van der Waals surface area contributed by atoms with Gasteiger partial charge in [0.15, 0.2) is 11.4 Å². The number of furan rings is 1. The lowest BCUT2D eigenvalue weighted by Gasteiger charge is -2.33. The lowest BCUT2D eigenvalue weighted by atomic mass is 10.2. The lowest BCUT2D eigenvalue weighted by Crippen LogP contribution is -2.49. The third-order valence-electron chi connectivity index (χ3n) is 3.83. The van der Waals surface area contributed by atoms with Crippen molar-refractivity contribution in [3.05, 3.63) is 35.6 Å². The van der Waals surface area contributed by atoms with Crippen molar-refractivity contribution >= 4 is 16.9 Å². The van der Waals surface area contributed by atoms with Crippen LogP contribution in [-0.2, 0) is 11.3 Å². The summed E-state index contributed by atoms with van der Waals surface area (Å²) in [5.74, 6) is -1.06. The topological polar surface area (TPSA) is 56.9 Å². The van der Waals surface area contributed by atoms with Crippen molar-refractivity contribution in [1.82, 2.24) is 9.80 Å². The largest absolute Gasteiger partial charge is 0.457 e. The van der Waals surface area contributed by atoms with E-state index in [2.05, 4.69) is 4.90 Å². The maximum atomic E-state index is 13.6. The van der Waals surface area contributed by atoms with Crippen LogP contribution in [0.1, 0.15) is 5.76 Å². The summed E-state index contributed by atoms with van der Waals surface area (Å²) < 4.78 is 32.2. The fourth-order valence-corrected chi connectivity index (χ4v) is 2.68. The molecule has 2 heterocycles. The molecule has 0 spiro atoms. The van der Waals surface area contributed by atoms with Crippen LogP contribution in [0.15, 0.2) is 22.6 Å². The molecule has 5 nitrogen and oxygen atoms in total. The first kappa shape index (κ1) is 14.9. The molecule has 1 saturated heterocycles. The van der Waals surface area contributed by atoms with Gasteiger partial charge in [0.05, 0.1) is 6.54 Å². The van der Waals surface area contributed by atoms with E-state index in [-0.39, 0.29) is 11.5 Å². The second kappa shape index (κ2) is 6.02. The molecule has 0 bridgehead atoms. The number of benzene rings is 1. The highest BCUT2D eigenvalue weighted by Gasteiger charge is 2.21. The number of rotatable bonds is 3. The van der Waals surface area contributed by atoms with Gasteiger partial charge in [0.25, 0.3) is 0 Å². The average Bonchev–Trinajstić information content (AvgIpc) is 2.90. The predicted molar refractivity (Wildman–Crippen MR) is 75.1 cm³/mol. The van der Waals surface area contributed by atoms with Crippen molar-refractivity contribution in [2.45, 2.75) is 6.54 Å². The molecule has 1 N–H and O–H groups in total. The minimum Gasteiger partial charge on any atom is -0.457 e. The van der Waals surface area contributed by atoms with Gasteiger partial charge >= 0.3 is 0 Å². The fourth-order valence-electron chi connectivity index (χ4n) is 2.68. The third-order valence-corrected chi connectivity index (χ3v) is 3.83. The Morgan fingerprint density at radius 1 is 1.18 bits per heavy atom. The van der Waals surface area contributed by atoms with Crippen LogP contribution in [0.2, 0.25) is 0 Å². The molecule has 0 unspecified atom stereocenters. The summed E-state index contributed by atoms with van der Waals surface area (Å²) in [4.78, 5) is 15.0. The Kier molecular flexibility index (Phi) is 4.08. The van der Waals surface area contributed by atoms with Gasteiger partial charge in [-0.25, -0.2) is 8.78 Å². The minimum absolute atomic E-state index is 0.0606. The van der Waals surface area contributed by atoms with Gasteiger partial charge in [0.1, 0.15) is 18.2 Å². The Morgan fingerprint density at radius 3 is 2.59 bits per heavy atom. The van der Waals surface area contributed by atoms with E-state index >= 15 is 0 Å². The highest BCUT2D eigenvalue weighted by molar-refractivity contribution is 5.78. The van der Waals surface area contributed by atoms with Crippen LogP contribution in [-0.4, -0.2) is 53.6 Å². The van der Waals surface area contributed by atoms with Crippen molar-refractivity contribution < 1.29 is 23.1 Å². The standard InChI is InChI=1S/C15H16F2N2O3/c16-11-5-10-6-12(22-15(10)13(17)7-11)8-18-1-3-19(4-2-18)14(21)9-20/h5-7,20H,1-4,8-9H2. The van der Waals surface area contributed by atoms with Gasteiger partial charge in [-0.05, 0) is 12.1 Å². The zero-order chi connectivity index (χ0) is 15.7. The molecule has 2 aromatic rings. The summed E-state index contributed by atoms with van der Waals surface area (Å²) in [6.07, 6.45) is 0. The van der Waals surface area contributed by atoms with E-state index in [1.54, 1.807) is 11.0 Å². The molecule has 1 fully saturated rings. The molecule has 1 aromatic heterocycles. The number of hydrogen-bond acceptors (Lipinski definition) is 4. The lowest BCUT2D eigenvalue weighted by molar-refractivity contribution is -0.136. The molecule has 0 radical (unpaired) electrons. The summed E-state index contributed by atoms with van der Waals surface area (Å²) in [5.41, 5.74) is 0.0606. The normalized spacial score (nSPS) is 16.4. The minimum atomic E-state index is -0.709. The van der Waals surface area contributed by atoms with Crippen LogP contribution in [0.25, 0.3) is 11.0 Å². The van der Waals surface area contributed by atoms with E-state index in [1.165, 1.54) is 6.07 Å². The zero-order valence-corrected chi connectivity index (χ0v) is 11.9.